The average molecular weight is 219 g/mol. The molecule has 0 aromatic rings. The summed E-state index contributed by atoms with van der Waals surface area (Å²) in [5, 5.41) is 0. The molecule has 0 aliphatic carbocycles. The van der Waals surface area contributed by atoms with Crippen LogP contribution in [0.2, 0.25) is 0 Å². The number of carbonyl (C=O) groups excluding carboxylic acids is 1. The highest BCUT2D eigenvalue weighted by molar-refractivity contribution is 7.85. The number of carbonyl (C=O) groups is 1. The number of hydrogen-bond acceptors (Lipinski definition) is 3. The molecule has 1 saturated heterocycles. The van der Waals surface area contributed by atoms with E-state index in [9.17, 15) is 13.2 Å². The van der Waals surface area contributed by atoms with Gasteiger partial charge in [0.1, 0.15) is 0 Å². The lowest BCUT2D eigenvalue weighted by molar-refractivity contribution is -0.125. The number of amides is 1. The van der Waals surface area contributed by atoms with Crippen molar-refractivity contribution in [3.63, 3.8) is 0 Å². The van der Waals surface area contributed by atoms with Crippen LogP contribution in [0.15, 0.2) is 12.7 Å². The van der Waals surface area contributed by atoms with Crippen LogP contribution in [0, 0.1) is 5.92 Å². The first kappa shape index (κ1) is 11.2. The van der Waals surface area contributed by atoms with Crippen LogP contribution in [0.1, 0.15) is 6.42 Å². The predicted molar refractivity (Wildman–Crippen MR) is 51.3 cm³/mol. The summed E-state index contributed by atoms with van der Waals surface area (Å²) in [7, 11) is -3.93. The molecule has 1 atom stereocenters. The molecule has 0 aromatic carbocycles. The molecule has 1 aliphatic rings. The minimum atomic E-state index is -3.93. The Morgan fingerprint density at radius 3 is 2.79 bits per heavy atom. The van der Waals surface area contributed by atoms with Gasteiger partial charge in [-0.25, -0.2) is 0 Å². The van der Waals surface area contributed by atoms with Gasteiger partial charge in [-0.3, -0.25) is 9.35 Å². The van der Waals surface area contributed by atoms with E-state index in [-0.39, 0.29) is 17.6 Å². The summed E-state index contributed by atoms with van der Waals surface area (Å²) in [5.74, 6) is -0.620. The molecule has 1 rings (SSSR count). The standard InChI is InChI=1S/C8H13NO4S/c1-2-8(10)9-4-3-7(5-9)6-14(11,12)13/h2,7H,1,3-6H2,(H,11,12,13). The Labute approximate surface area is 83.1 Å². The van der Waals surface area contributed by atoms with Crippen molar-refractivity contribution >= 4 is 16.0 Å². The molecule has 1 aliphatic heterocycles. The van der Waals surface area contributed by atoms with Gasteiger partial charge in [-0.15, -0.1) is 0 Å². The molecule has 1 amide bonds. The molecule has 1 fully saturated rings. The third-order valence-electron chi connectivity index (χ3n) is 2.22. The van der Waals surface area contributed by atoms with Gasteiger partial charge < -0.3 is 4.90 Å². The maximum Gasteiger partial charge on any atom is 0.265 e. The quantitative estimate of drug-likeness (QED) is 0.531. The second-order valence-corrected chi connectivity index (χ2v) is 4.89. The summed E-state index contributed by atoms with van der Waals surface area (Å²) < 4.78 is 29.7. The van der Waals surface area contributed by atoms with E-state index >= 15 is 0 Å². The zero-order chi connectivity index (χ0) is 10.8. The van der Waals surface area contributed by atoms with E-state index in [4.69, 9.17) is 4.55 Å². The van der Waals surface area contributed by atoms with Crippen molar-refractivity contribution in [2.45, 2.75) is 6.42 Å². The van der Waals surface area contributed by atoms with Gasteiger partial charge in [-0.2, -0.15) is 8.42 Å². The summed E-state index contributed by atoms with van der Waals surface area (Å²) in [6.07, 6.45) is 1.81. The van der Waals surface area contributed by atoms with Crippen LogP contribution in [0.4, 0.5) is 0 Å². The summed E-state index contributed by atoms with van der Waals surface area (Å²) in [6.45, 7) is 4.26. The second kappa shape index (κ2) is 4.10. The van der Waals surface area contributed by atoms with Crippen molar-refractivity contribution in [3.05, 3.63) is 12.7 Å². The Kier molecular flexibility index (Phi) is 3.28. The van der Waals surface area contributed by atoms with Crippen molar-refractivity contribution in [2.24, 2.45) is 5.92 Å². The predicted octanol–water partition coefficient (Wildman–Crippen LogP) is -0.0913. The molecule has 5 nitrogen and oxygen atoms in total. The minimum Gasteiger partial charge on any atom is -0.339 e. The first-order valence-electron chi connectivity index (χ1n) is 4.29. The Morgan fingerprint density at radius 1 is 1.64 bits per heavy atom. The Hall–Kier alpha value is -0.880. The molecule has 0 spiro atoms. The van der Waals surface area contributed by atoms with Crippen molar-refractivity contribution < 1.29 is 17.8 Å². The SMILES string of the molecule is C=CC(=O)N1CCC(CS(=O)(=O)O)C1. The van der Waals surface area contributed by atoms with Gasteiger partial charge in [0.05, 0.1) is 5.75 Å². The van der Waals surface area contributed by atoms with Gasteiger partial charge in [-0.1, -0.05) is 6.58 Å². The van der Waals surface area contributed by atoms with Gasteiger partial charge in [0.15, 0.2) is 0 Å². The van der Waals surface area contributed by atoms with Crippen LogP contribution in [0.5, 0.6) is 0 Å². The van der Waals surface area contributed by atoms with Crippen molar-refractivity contribution in [2.75, 3.05) is 18.8 Å². The van der Waals surface area contributed by atoms with E-state index in [1.807, 2.05) is 0 Å². The number of rotatable bonds is 3. The summed E-state index contributed by atoms with van der Waals surface area (Å²) >= 11 is 0. The average Bonchev–Trinajstić information content (AvgIpc) is 2.48. The molecule has 1 N–H and O–H groups in total. The molecular weight excluding hydrogens is 206 g/mol. The molecule has 0 bridgehead atoms. The topological polar surface area (TPSA) is 74.7 Å². The smallest absolute Gasteiger partial charge is 0.265 e. The number of hydrogen-bond donors (Lipinski definition) is 1. The molecule has 1 heterocycles. The fraction of sp³-hybridized carbons (Fsp3) is 0.625. The van der Waals surface area contributed by atoms with Crippen LogP contribution in [-0.2, 0) is 14.9 Å². The minimum absolute atomic E-state index is 0.158. The fourth-order valence-electron chi connectivity index (χ4n) is 1.60. The third kappa shape index (κ3) is 3.12. The van der Waals surface area contributed by atoms with Gasteiger partial charge in [0.25, 0.3) is 10.1 Å². The summed E-state index contributed by atoms with van der Waals surface area (Å²) in [6, 6.07) is 0. The second-order valence-electron chi connectivity index (χ2n) is 3.39. The molecule has 0 radical (unpaired) electrons. The van der Waals surface area contributed by atoms with E-state index in [0.29, 0.717) is 19.5 Å². The van der Waals surface area contributed by atoms with Crippen LogP contribution in [-0.4, -0.2) is 42.6 Å². The highest BCUT2D eigenvalue weighted by Gasteiger charge is 2.27. The summed E-state index contributed by atoms with van der Waals surface area (Å²) in [4.78, 5) is 12.7. The highest BCUT2D eigenvalue weighted by Crippen LogP contribution is 2.17. The van der Waals surface area contributed by atoms with E-state index in [1.165, 1.54) is 11.0 Å². The Balaban J connectivity index is 2.50. The van der Waals surface area contributed by atoms with Crippen molar-refractivity contribution in [1.29, 1.82) is 0 Å². The maximum absolute atomic E-state index is 11.1. The molecule has 80 valence electrons. The number of likely N-dealkylation sites (tertiary alicyclic amines) is 1. The van der Waals surface area contributed by atoms with Crippen LogP contribution in [0.3, 0.4) is 0 Å². The monoisotopic (exact) mass is 219 g/mol. The van der Waals surface area contributed by atoms with E-state index in [0.717, 1.165) is 0 Å². The first-order valence-corrected chi connectivity index (χ1v) is 5.90. The van der Waals surface area contributed by atoms with Gasteiger partial charge >= 0.3 is 0 Å². The van der Waals surface area contributed by atoms with Crippen LogP contribution in [0.25, 0.3) is 0 Å². The first-order chi connectivity index (χ1) is 6.42. The maximum atomic E-state index is 11.1. The fourth-order valence-corrected chi connectivity index (χ4v) is 2.46. The Bertz CT molecular complexity index is 335. The van der Waals surface area contributed by atoms with Crippen LogP contribution >= 0.6 is 0 Å². The Morgan fingerprint density at radius 2 is 2.29 bits per heavy atom. The van der Waals surface area contributed by atoms with Gasteiger partial charge in [0, 0.05) is 13.1 Å². The summed E-state index contributed by atoms with van der Waals surface area (Å²) in [5.41, 5.74) is 0. The molecule has 0 saturated carbocycles. The molecule has 6 heteroatoms. The lowest BCUT2D eigenvalue weighted by Crippen LogP contribution is -2.27. The van der Waals surface area contributed by atoms with Crippen LogP contribution < -0.4 is 0 Å². The lowest BCUT2D eigenvalue weighted by atomic mass is 10.2. The zero-order valence-electron chi connectivity index (χ0n) is 7.72. The molecule has 0 aromatic heterocycles. The largest absolute Gasteiger partial charge is 0.339 e. The molecule has 14 heavy (non-hydrogen) atoms. The van der Waals surface area contributed by atoms with Crippen molar-refractivity contribution in [1.82, 2.24) is 4.90 Å². The third-order valence-corrected chi connectivity index (χ3v) is 3.11. The van der Waals surface area contributed by atoms with Gasteiger partial charge in [0.2, 0.25) is 5.91 Å². The highest BCUT2D eigenvalue weighted by atomic mass is 32.2. The zero-order valence-corrected chi connectivity index (χ0v) is 8.53. The van der Waals surface area contributed by atoms with E-state index in [1.54, 1.807) is 0 Å². The van der Waals surface area contributed by atoms with E-state index in [2.05, 4.69) is 6.58 Å². The lowest BCUT2D eigenvalue weighted by Gasteiger charge is -2.13. The normalized spacial score (nSPS) is 22.4. The van der Waals surface area contributed by atoms with Gasteiger partial charge in [-0.05, 0) is 18.4 Å². The molecule has 1 unspecified atom stereocenters. The number of nitrogens with zero attached hydrogens (tertiary/aromatic N) is 1. The van der Waals surface area contributed by atoms with Crippen molar-refractivity contribution in [3.8, 4) is 0 Å². The van der Waals surface area contributed by atoms with E-state index < -0.39 is 10.1 Å². The molecular formula is C8H13NO4S.